The van der Waals surface area contributed by atoms with Crippen LogP contribution in [0.15, 0.2) is 35.3 Å². The van der Waals surface area contributed by atoms with Crippen molar-refractivity contribution in [2.75, 3.05) is 19.6 Å². The van der Waals surface area contributed by atoms with Crippen LogP contribution >= 0.6 is 35.3 Å². The van der Waals surface area contributed by atoms with Gasteiger partial charge in [0.1, 0.15) is 6.10 Å². The summed E-state index contributed by atoms with van der Waals surface area (Å²) in [5.74, 6) is 0.631. The van der Waals surface area contributed by atoms with Gasteiger partial charge in [0.15, 0.2) is 5.96 Å². The van der Waals surface area contributed by atoms with Crippen LogP contribution in [0.4, 0.5) is 0 Å². The number of benzene rings is 1. The molecule has 0 radical (unpaired) electrons. The normalized spacial score (nSPS) is 13.5. The third kappa shape index (κ3) is 7.92. The highest BCUT2D eigenvalue weighted by molar-refractivity contribution is 14.0. The van der Waals surface area contributed by atoms with E-state index in [2.05, 4.69) is 27.0 Å². The number of hydrogen-bond acceptors (Lipinski definition) is 4. The minimum absolute atomic E-state index is 0. The van der Waals surface area contributed by atoms with E-state index in [4.69, 9.17) is 0 Å². The van der Waals surface area contributed by atoms with Gasteiger partial charge >= 0.3 is 0 Å². The molecule has 0 aliphatic carbocycles. The molecule has 2 rings (SSSR count). The molecule has 0 aliphatic rings. The van der Waals surface area contributed by atoms with Crippen molar-refractivity contribution in [2.24, 2.45) is 4.99 Å². The number of nitrogens with one attached hydrogen (secondary N) is 3. The number of carbonyl (C=O) groups is 1. The number of aliphatic hydroxyl groups excluding tert-OH is 1. The molecule has 0 bridgehead atoms. The van der Waals surface area contributed by atoms with Crippen LogP contribution in [0.1, 0.15) is 44.6 Å². The van der Waals surface area contributed by atoms with Crippen molar-refractivity contribution in [3.8, 4) is 0 Å². The van der Waals surface area contributed by atoms with Gasteiger partial charge in [0.2, 0.25) is 5.91 Å². The molecule has 8 heteroatoms. The molecule has 2 unspecified atom stereocenters. The van der Waals surface area contributed by atoms with Gasteiger partial charge in [-0.1, -0.05) is 25.1 Å². The Kier molecular flexibility index (Phi) is 11.4. The molecular formula is C20H31IN4O2S. The number of hydrogen-bond donors (Lipinski definition) is 4. The Bertz CT molecular complexity index is 732. The van der Waals surface area contributed by atoms with Gasteiger partial charge in [-0.2, -0.15) is 0 Å². The van der Waals surface area contributed by atoms with Gasteiger partial charge in [-0.05, 0) is 37.8 Å². The summed E-state index contributed by atoms with van der Waals surface area (Å²) in [5.41, 5.74) is 0. The minimum Gasteiger partial charge on any atom is -0.386 e. The second-order valence-corrected chi connectivity index (χ2v) is 7.59. The number of guanidine groups is 1. The van der Waals surface area contributed by atoms with Crippen LogP contribution in [0.3, 0.4) is 0 Å². The fraction of sp³-hybridized carbons (Fsp3) is 0.500. The topological polar surface area (TPSA) is 85.8 Å². The van der Waals surface area contributed by atoms with Gasteiger partial charge in [0, 0.05) is 35.1 Å². The molecule has 1 aromatic heterocycles. The molecule has 28 heavy (non-hydrogen) atoms. The Labute approximate surface area is 188 Å². The molecule has 0 aliphatic heterocycles. The molecule has 2 atom stereocenters. The summed E-state index contributed by atoms with van der Waals surface area (Å²) in [4.78, 5) is 17.2. The van der Waals surface area contributed by atoms with Crippen LogP contribution in [0.25, 0.3) is 10.1 Å². The Morgan fingerprint density at radius 1 is 1.25 bits per heavy atom. The first kappa shape index (κ1) is 24.6. The number of thiophene rings is 1. The van der Waals surface area contributed by atoms with Crippen molar-refractivity contribution >= 4 is 57.3 Å². The third-order valence-corrected chi connectivity index (χ3v) is 5.42. The van der Waals surface area contributed by atoms with E-state index in [0.29, 0.717) is 25.5 Å². The summed E-state index contributed by atoms with van der Waals surface area (Å²) in [6.07, 6.45) is 0.651. The number of rotatable bonds is 9. The first-order chi connectivity index (χ1) is 13.0. The van der Waals surface area contributed by atoms with Crippen molar-refractivity contribution in [1.82, 2.24) is 16.0 Å². The Hall–Kier alpha value is -1.39. The van der Waals surface area contributed by atoms with E-state index in [9.17, 15) is 9.90 Å². The predicted octanol–water partition coefficient (Wildman–Crippen LogP) is 3.41. The lowest BCUT2D eigenvalue weighted by molar-refractivity contribution is -0.121. The summed E-state index contributed by atoms with van der Waals surface area (Å²) < 4.78 is 1.16. The molecule has 2 aromatic rings. The van der Waals surface area contributed by atoms with E-state index in [-0.39, 0.29) is 42.5 Å². The number of aliphatic imine (C=N–C) groups is 1. The van der Waals surface area contributed by atoms with Gasteiger partial charge in [-0.25, -0.2) is 0 Å². The van der Waals surface area contributed by atoms with Crippen LogP contribution in [-0.2, 0) is 4.79 Å². The van der Waals surface area contributed by atoms with Crippen LogP contribution in [0.2, 0.25) is 0 Å². The zero-order valence-corrected chi connectivity index (χ0v) is 19.8. The first-order valence-electron chi connectivity index (χ1n) is 9.51. The van der Waals surface area contributed by atoms with Gasteiger partial charge in [0.05, 0.1) is 6.54 Å². The zero-order chi connectivity index (χ0) is 19.6. The van der Waals surface area contributed by atoms with E-state index in [1.807, 2.05) is 45.0 Å². The number of amides is 1. The van der Waals surface area contributed by atoms with Gasteiger partial charge in [-0.3, -0.25) is 9.79 Å². The Balaban J connectivity index is 0.00000392. The Morgan fingerprint density at radius 2 is 2.00 bits per heavy atom. The second kappa shape index (κ2) is 12.9. The molecule has 6 nitrogen and oxygen atoms in total. The predicted molar refractivity (Wildman–Crippen MR) is 129 cm³/mol. The lowest BCUT2D eigenvalue weighted by Gasteiger charge is -2.14. The average molecular weight is 518 g/mol. The summed E-state index contributed by atoms with van der Waals surface area (Å²) in [6, 6.07) is 10.3. The standard InChI is InChI=1S/C20H30N4O2S.HI/c1-4-14(3)24-19(26)10-11-22-20(21-5-2)23-13-16(25)18-12-15-8-6-7-9-17(15)27-18;/h6-9,12,14,16,25H,4-5,10-11,13H2,1-3H3,(H,24,26)(H2,21,22,23);1H. The lowest BCUT2D eigenvalue weighted by Crippen LogP contribution is -2.40. The van der Waals surface area contributed by atoms with Crippen molar-refractivity contribution in [3.05, 3.63) is 35.2 Å². The smallest absolute Gasteiger partial charge is 0.221 e. The van der Waals surface area contributed by atoms with E-state index in [1.54, 1.807) is 11.3 Å². The van der Waals surface area contributed by atoms with Gasteiger partial charge in [0.25, 0.3) is 0 Å². The summed E-state index contributed by atoms with van der Waals surface area (Å²) >= 11 is 1.59. The fourth-order valence-corrected chi connectivity index (χ4v) is 3.56. The number of nitrogens with zero attached hydrogens (tertiary/aromatic N) is 1. The Morgan fingerprint density at radius 3 is 2.68 bits per heavy atom. The maximum absolute atomic E-state index is 11.8. The van der Waals surface area contributed by atoms with Gasteiger partial charge in [-0.15, -0.1) is 35.3 Å². The third-order valence-electron chi connectivity index (χ3n) is 4.20. The van der Waals surface area contributed by atoms with Crippen LogP contribution in [-0.4, -0.2) is 42.6 Å². The monoisotopic (exact) mass is 518 g/mol. The molecule has 4 N–H and O–H groups in total. The quantitative estimate of drug-likeness (QED) is 0.233. The van der Waals surface area contributed by atoms with E-state index in [1.165, 1.54) is 0 Å². The first-order valence-corrected chi connectivity index (χ1v) is 10.3. The maximum Gasteiger partial charge on any atom is 0.221 e. The summed E-state index contributed by atoms with van der Waals surface area (Å²) in [6.45, 7) is 7.49. The molecule has 0 saturated heterocycles. The van der Waals surface area contributed by atoms with Crippen LogP contribution in [0.5, 0.6) is 0 Å². The van der Waals surface area contributed by atoms with E-state index >= 15 is 0 Å². The van der Waals surface area contributed by atoms with Crippen LogP contribution < -0.4 is 16.0 Å². The molecular weight excluding hydrogens is 487 g/mol. The molecule has 0 fully saturated rings. The number of halogens is 1. The summed E-state index contributed by atoms with van der Waals surface area (Å²) in [5, 5.41) is 20.8. The van der Waals surface area contributed by atoms with Crippen molar-refractivity contribution in [2.45, 2.75) is 45.8 Å². The van der Waals surface area contributed by atoms with Gasteiger partial charge < -0.3 is 21.1 Å². The average Bonchev–Trinajstić information content (AvgIpc) is 3.10. The maximum atomic E-state index is 11.8. The fourth-order valence-electron chi connectivity index (χ4n) is 2.52. The lowest BCUT2D eigenvalue weighted by atomic mass is 10.2. The molecule has 1 aromatic carbocycles. The molecule has 1 heterocycles. The number of carbonyl (C=O) groups excluding carboxylic acids is 1. The number of fused-ring (bicyclic) bond motifs is 1. The SMILES string of the molecule is CCNC(=NCC(O)c1cc2ccccc2s1)NCCC(=O)NC(C)CC.I. The van der Waals surface area contributed by atoms with Crippen molar-refractivity contribution < 1.29 is 9.90 Å². The molecule has 0 saturated carbocycles. The second-order valence-electron chi connectivity index (χ2n) is 6.48. The largest absolute Gasteiger partial charge is 0.386 e. The van der Waals surface area contributed by atoms with Crippen molar-refractivity contribution in [1.29, 1.82) is 0 Å². The molecule has 1 amide bonds. The highest BCUT2D eigenvalue weighted by atomic mass is 127. The number of aliphatic hydroxyl groups is 1. The molecule has 0 spiro atoms. The van der Waals surface area contributed by atoms with Crippen LogP contribution in [0, 0.1) is 0 Å². The highest BCUT2D eigenvalue weighted by Gasteiger charge is 2.12. The molecule has 156 valence electrons. The summed E-state index contributed by atoms with van der Waals surface area (Å²) in [7, 11) is 0. The zero-order valence-electron chi connectivity index (χ0n) is 16.7. The highest BCUT2D eigenvalue weighted by Crippen LogP contribution is 2.29. The van der Waals surface area contributed by atoms with E-state index < -0.39 is 6.10 Å². The van der Waals surface area contributed by atoms with Crippen molar-refractivity contribution in [3.63, 3.8) is 0 Å². The minimum atomic E-state index is -0.647. The van der Waals surface area contributed by atoms with E-state index in [0.717, 1.165) is 21.4 Å².